The Kier molecular flexibility index (Phi) is 6.30. The molecule has 0 aliphatic rings. The number of carbonyl (C=O) groups excluding carboxylic acids is 1. The number of hydrazone groups is 1. The van der Waals surface area contributed by atoms with Crippen LogP contribution in [0.3, 0.4) is 0 Å². The van der Waals surface area contributed by atoms with Crippen molar-refractivity contribution in [2.24, 2.45) is 5.10 Å². The minimum atomic E-state index is -0.415. The highest BCUT2D eigenvalue weighted by atomic mass is 16.6. The molecule has 0 saturated carbocycles. The molecule has 2 aromatic heterocycles. The van der Waals surface area contributed by atoms with Crippen molar-refractivity contribution in [1.82, 2.24) is 15.0 Å². The molecule has 0 radical (unpaired) electrons. The Morgan fingerprint density at radius 2 is 1.73 bits per heavy atom. The summed E-state index contributed by atoms with van der Waals surface area (Å²) in [6, 6.07) is 27.4. The van der Waals surface area contributed by atoms with Crippen LogP contribution < -0.4 is 5.43 Å². The number of fused-ring (bicyclic) bond motifs is 1. The number of non-ortho nitro benzene ring substituents is 1. The van der Waals surface area contributed by atoms with E-state index < -0.39 is 4.92 Å². The highest BCUT2D eigenvalue weighted by Crippen LogP contribution is 2.25. The van der Waals surface area contributed by atoms with E-state index in [1.807, 2.05) is 85.1 Å². The van der Waals surface area contributed by atoms with Crippen molar-refractivity contribution in [3.05, 3.63) is 124 Å². The summed E-state index contributed by atoms with van der Waals surface area (Å²) in [6.07, 6.45) is 1.58. The van der Waals surface area contributed by atoms with Gasteiger partial charge in [-0.05, 0) is 38.1 Å². The first kappa shape index (κ1) is 23.6. The highest BCUT2D eigenvalue weighted by molar-refractivity contribution is 6.07. The quantitative estimate of drug-likeness (QED) is 0.180. The first-order valence-electron chi connectivity index (χ1n) is 11.6. The molecule has 8 heteroatoms. The second-order valence-electron chi connectivity index (χ2n) is 8.58. The number of aryl methyl sites for hydroxylation is 1. The summed E-state index contributed by atoms with van der Waals surface area (Å²) in [4.78, 5) is 28.7. The largest absolute Gasteiger partial charge is 0.318 e. The molecule has 0 atom stereocenters. The Bertz CT molecular complexity index is 1670. The van der Waals surface area contributed by atoms with E-state index in [0.29, 0.717) is 16.9 Å². The molecule has 1 N–H and O–H groups in total. The average molecular weight is 490 g/mol. The van der Waals surface area contributed by atoms with Crippen molar-refractivity contribution in [3.8, 4) is 16.9 Å². The van der Waals surface area contributed by atoms with Crippen LogP contribution in [0.5, 0.6) is 0 Å². The number of para-hydroxylation sites is 1. The van der Waals surface area contributed by atoms with Crippen molar-refractivity contribution >= 4 is 28.7 Å². The molecule has 5 rings (SSSR count). The molecule has 3 aromatic carbocycles. The molecule has 0 saturated heterocycles. The Morgan fingerprint density at radius 3 is 2.51 bits per heavy atom. The first-order valence-corrected chi connectivity index (χ1v) is 11.6. The molecule has 1 amide bonds. The number of amides is 1. The molecule has 0 bridgehead atoms. The maximum atomic E-state index is 13.2. The predicted octanol–water partition coefficient (Wildman–Crippen LogP) is 5.98. The summed E-state index contributed by atoms with van der Waals surface area (Å²) in [5.41, 5.74) is 8.68. The summed E-state index contributed by atoms with van der Waals surface area (Å²) in [7, 11) is 0. The van der Waals surface area contributed by atoms with Gasteiger partial charge in [-0.15, -0.1) is 0 Å². The van der Waals surface area contributed by atoms with Crippen LogP contribution in [0, 0.1) is 24.0 Å². The lowest BCUT2D eigenvalue weighted by molar-refractivity contribution is -0.384. The van der Waals surface area contributed by atoms with Crippen LogP contribution in [0.2, 0.25) is 0 Å². The first-order chi connectivity index (χ1) is 17.9. The fourth-order valence-electron chi connectivity index (χ4n) is 4.40. The van der Waals surface area contributed by atoms with Gasteiger partial charge in [-0.2, -0.15) is 5.10 Å². The Labute approximate surface area is 213 Å². The van der Waals surface area contributed by atoms with E-state index >= 15 is 0 Å². The third-order valence-electron chi connectivity index (χ3n) is 6.17. The Balaban J connectivity index is 1.43. The molecular formula is C29H23N5O3. The number of nitro benzene ring substituents is 1. The van der Waals surface area contributed by atoms with Gasteiger partial charge >= 0.3 is 0 Å². The molecule has 5 aromatic rings. The minimum absolute atomic E-state index is 0.0203. The molecule has 37 heavy (non-hydrogen) atoms. The number of hydrogen-bond donors (Lipinski definition) is 1. The van der Waals surface area contributed by atoms with Crippen molar-refractivity contribution in [2.45, 2.75) is 13.8 Å². The molecule has 182 valence electrons. The number of nitrogens with one attached hydrogen (secondary N) is 1. The summed E-state index contributed by atoms with van der Waals surface area (Å²) in [5, 5.41) is 16.1. The number of hydrogen-bond acceptors (Lipinski definition) is 5. The van der Waals surface area contributed by atoms with E-state index in [-0.39, 0.29) is 11.6 Å². The van der Waals surface area contributed by atoms with Crippen molar-refractivity contribution in [3.63, 3.8) is 0 Å². The van der Waals surface area contributed by atoms with Gasteiger partial charge in [-0.3, -0.25) is 14.9 Å². The van der Waals surface area contributed by atoms with Crippen molar-refractivity contribution in [1.29, 1.82) is 0 Å². The van der Waals surface area contributed by atoms with Gasteiger partial charge in [0.1, 0.15) is 0 Å². The summed E-state index contributed by atoms with van der Waals surface area (Å²) in [6.45, 7) is 3.81. The van der Waals surface area contributed by atoms with Gasteiger partial charge in [0.05, 0.1) is 33.6 Å². The van der Waals surface area contributed by atoms with Crippen LogP contribution in [-0.2, 0) is 0 Å². The third kappa shape index (κ3) is 4.72. The summed E-state index contributed by atoms with van der Waals surface area (Å²) >= 11 is 0. The molecular weight excluding hydrogens is 466 g/mol. The van der Waals surface area contributed by atoms with Gasteiger partial charge in [0.2, 0.25) is 0 Å². The van der Waals surface area contributed by atoms with Crippen molar-refractivity contribution < 1.29 is 9.72 Å². The third-order valence-corrected chi connectivity index (χ3v) is 6.17. The zero-order valence-corrected chi connectivity index (χ0v) is 20.3. The van der Waals surface area contributed by atoms with Gasteiger partial charge in [-0.25, -0.2) is 10.4 Å². The maximum absolute atomic E-state index is 13.2. The number of pyridine rings is 1. The number of rotatable bonds is 6. The van der Waals surface area contributed by atoms with E-state index in [1.165, 1.54) is 12.1 Å². The lowest BCUT2D eigenvalue weighted by Gasteiger charge is -2.09. The zero-order valence-electron chi connectivity index (χ0n) is 20.3. The fourth-order valence-corrected chi connectivity index (χ4v) is 4.40. The molecule has 0 fully saturated rings. The van der Waals surface area contributed by atoms with Crippen LogP contribution in [-0.4, -0.2) is 26.6 Å². The van der Waals surface area contributed by atoms with Gasteiger partial charge < -0.3 is 4.57 Å². The van der Waals surface area contributed by atoms with Gasteiger partial charge in [-0.1, -0.05) is 54.6 Å². The normalized spacial score (nSPS) is 11.2. The maximum Gasteiger partial charge on any atom is 0.272 e. The second kappa shape index (κ2) is 9.87. The minimum Gasteiger partial charge on any atom is -0.318 e. The van der Waals surface area contributed by atoms with Crippen LogP contribution >= 0.6 is 0 Å². The predicted molar refractivity (Wildman–Crippen MR) is 144 cm³/mol. The lowest BCUT2D eigenvalue weighted by atomic mass is 10.0. The number of benzene rings is 3. The van der Waals surface area contributed by atoms with Gasteiger partial charge in [0, 0.05) is 40.0 Å². The molecule has 0 aliphatic carbocycles. The van der Waals surface area contributed by atoms with E-state index in [9.17, 15) is 14.9 Å². The number of nitro groups is 1. The SMILES string of the molecule is Cc1cc(/C=N/NC(=O)c2cc(-c3ccccc3)nc3ccccc23)c(C)n1-c1cccc([N+](=O)[O-])c1. The highest BCUT2D eigenvalue weighted by Gasteiger charge is 2.15. The molecule has 0 spiro atoms. The monoisotopic (exact) mass is 489 g/mol. The van der Waals surface area contributed by atoms with Crippen LogP contribution in [0.15, 0.2) is 96.1 Å². The number of nitrogens with zero attached hydrogens (tertiary/aromatic N) is 4. The van der Waals surface area contributed by atoms with E-state index in [2.05, 4.69) is 10.5 Å². The van der Waals surface area contributed by atoms with Crippen LogP contribution in [0.4, 0.5) is 5.69 Å². The number of aromatic nitrogens is 2. The number of carbonyl (C=O) groups is 1. The summed E-state index contributed by atoms with van der Waals surface area (Å²) < 4.78 is 1.92. The topological polar surface area (TPSA) is 102 Å². The van der Waals surface area contributed by atoms with E-state index in [0.717, 1.165) is 33.4 Å². The standard InChI is InChI=1S/C29H23N5O3/c1-19-15-22(20(2)33(19)23-11-8-12-24(16-23)34(36)37)18-30-32-29(35)26-17-28(21-9-4-3-5-10-21)31-27-14-7-6-13-25(26)27/h3-18H,1-2H3,(H,32,35)/b30-18+. The van der Waals surface area contributed by atoms with E-state index in [4.69, 9.17) is 4.98 Å². The summed E-state index contributed by atoms with van der Waals surface area (Å²) in [5.74, 6) is -0.348. The van der Waals surface area contributed by atoms with Crippen LogP contribution in [0.25, 0.3) is 27.8 Å². The Hall–Kier alpha value is -5.11. The molecule has 0 aliphatic heterocycles. The Morgan fingerprint density at radius 1 is 0.973 bits per heavy atom. The molecule has 2 heterocycles. The molecule has 8 nitrogen and oxygen atoms in total. The van der Waals surface area contributed by atoms with Crippen LogP contribution in [0.1, 0.15) is 27.3 Å². The van der Waals surface area contributed by atoms with Gasteiger partial charge in [0.15, 0.2) is 0 Å². The second-order valence-corrected chi connectivity index (χ2v) is 8.58. The van der Waals surface area contributed by atoms with E-state index in [1.54, 1.807) is 18.3 Å². The molecule has 0 unspecified atom stereocenters. The smallest absolute Gasteiger partial charge is 0.272 e. The van der Waals surface area contributed by atoms with Crippen molar-refractivity contribution in [2.75, 3.05) is 0 Å². The fraction of sp³-hybridized carbons (Fsp3) is 0.0690. The average Bonchev–Trinajstić information content (AvgIpc) is 3.20. The zero-order chi connectivity index (χ0) is 25.9. The lowest BCUT2D eigenvalue weighted by Crippen LogP contribution is -2.18. The van der Waals surface area contributed by atoms with Gasteiger partial charge in [0.25, 0.3) is 11.6 Å².